The molecule has 1 amide bonds. The summed E-state index contributed by atoms with van der Waals surface area (Å²) in [6.45, 7) is 5.17. The standard InChI is InChI=1S/C14H20N4O2S/c1-10-8-15-14-18(13(10)20)11(9-21-14)7-12(19)17-5-3-16(2)4-6-17/h8,11H,3-7,9H2,1-2H3. The predicted molar refractivity (Wildman–Crippen MR) is 81.7 cm³/mol. The quantitative estimate of drug-likeness (QED) is 0.739. The Morgan fingerprint density at radius 1 is 1.38 bits per heavy atom. The van der Waals surface area contributed by atoms with Gasteiger partial charge < -0.3 is 9.80 Å². The number of carbonyl (C=O) groups excluding carboxylic acids is 1. The summed E-state index contributed by atoms with van der Waals surface area (Å²) in [7, 11) is 2.07. The van der Waals surface area contributed by atoms with Gasteiger partial charge in [-0.05, 0) is 14.0 Å². The van der Waals surface area contributed by atoms with Gasteiger partial charge in [-0.15, -0.1) is 0 Å². The Kier molecular flexibility index (Phi) is 4.03. The molecule has 3 rings (SSSR count). The van der Waals surface area contributed by atoms with Crippen molar-refractivity contribution in [1.29, 1.82) is 0 Å². The van der Waals surface area contributed by atoms with Crippen LogP contribution in [0, 0.1) is 6.92 Å². The maximum absolute atomic E-state index is 12.4. The van der Waals surface area contributed by atoms with Gasteiger partial charge in [0.2, 0.25) is 5.91 Å². The Morgan fingerprint density at radius 2 is 2.10 bits per heavy atom. The van der Waals surface area contributed by atoms with Gasteiger partial charge in [0, 0.05) is 50.1 Å². The van der Waals surface area contributed by atoms with Gasteiger partial charge in [0.25, 0.3) is 5.56 Å². The molecule has 1 saturated heterocycles. The van der Waals surface area contributed by atoms with Gasteiger partial charge in [-0.2, -0.15) is 0 Å². The van der Waals surface area contributed by atoms with Gasteiger partial charge in [0.05, 0.1) is 6.04 Å². The van der Waals surface area contributed by atoms with Crippen molar-refractivity contribution >= 4 is 17.7 Å². The summed E-state index contributed by atoms with van der Waals surface area (Å²) >= 11 is 1.56. The predicted octanol–water partition coefficient (Wildman–Crippen LogP) is 0.363. The van der Waals surface area contributed by atoms with Crippen molar-refractivity contribution in [1.82, 2.24) is 19.4 Å². The van der Waals surface area contributed by atoms with Crippen molar-refractivity contribution in [3.63, 3.8) is 0 Å². The number of piperazine rings is 1. The summed E-state index contributed by atoms with van der Waals surface area (Å²) in [6, 6.07) is -0.0583. The molecule has 1 fully saturated rings. The SMILES string of the molecule is Cc1cnc2n(c1=O)C(CC(=O)N1CCN(C)CC1)CS2. The molecule has 1 atom stereocenters. The van der Waals surface area contributed by atoms with E-state index in [9.17, 15) is 9.59 Å². The Bertz CT molecular complexity index is 607. The molecule has 0 saturated carbocycles. The minimum Gasteiger partial charge on any atom is -0.340 e. The molecule has 6 nitrogen and oxygen atoms in total. The van der Waals surface area contributed by atoms with Crippen molar-refractivity contribution in [3.8, 4) is 0 Å². The van der Waals surface area contributed by atoms with Gasteiger partial charge in [0.1, 0.15) is 0 Å². The number of rotatable bonds is 2. The van der Waals surface area contributed by atoms with Crippen LogP contribution in [-0.4, -0.2) is 64.2 Å². The number of fused-ring (bicyclic) bond motifs is 1. The Hall–Kier alpha value is -1.34. The van der Waals surface area contributed by atoms with Gasteiger partial charge in [0.15, 0.2) is 5.16 Å². The highest BCUT2D eigenvalue weighted by atomic mass is 32.2. The molecule has 1 aromatic heterocycles. The molecule has 0 aliphatic carbocycles. The van der Waals surface area contributed by atoms with Gasteiger partial charge in [-0.25, -0.2) is 4.98 Å². The Balaban J connectivity index is 1.72. The molecular formula is C14H20N4O2S. The van der Waals surface area contributed by atoms with E-state index in [1.165, 1.54) is 0 Å². The number of aryl methyl sites for hydroxylation is 1. The third-order valence-electron chi connectivity index (χ3n) is 4.17. The van der Waals surface area contributed by atoms with Crippen LogP contribution in [0.25, 0.3) is 0 Å². The van der Waals surface area contributed by atoms with Crippen molar-refractivity contribution in [2.75, 3.05) is 39.0 Å². The van der Waals surface area contributed by atoms with Crippen molar-refractivity contribution in [2.45, 2.75) is 24.5 Å². The molecular weight excluding hydrogens is 288 g/mol. The van der Waals surface area contributed by atoms with Gasteiger partial charge in [-0.1, -0.05) is 11.8 Å². The van der Waals surface area contributed by atoms with E-state index >= 15 is 0 Å². The second-order valence-electron chi connectivity index (χ2n) is 5.75. The topological polar surface area (TPSA) is 58.4 Å². The van der Waals surface area contributed by atoms with Crippen molar-refractivity contribution in [2.24, 2.45) is 0 Å². The highest BCUT2D eigenvalue weighted by Gasteiger charge is 2.29. The molecule has 0 N–H and O–H groups in total. The first-order valence-corrected chi connectivity index (χ1v) is 8.22. The number of amides is 1. The summed E-state index contributed by atoms with van der Waals surface area (Å²) in [5, 5.41) is 0.738. The highest BCUT2D eigenvalue weighted by molar-refractivity contribution is 7.99. The summed E-state index contributed by atoms with van der Waals surface area (Å²) in [6.07, 6.45) is 2.01. The molecule has 0 aromatic carbocycles. The van der Waals surface area contributed by atoms with Crippen LogP contribution >= 0.6 is 11.8 Å². The monoisotopic (exact) mass is 308 g/mol. The highest BCUT2D eigenvalue weighted by Crippen LogP contribution is 2.32. The maximum Gasteiger partial charge on any atom is 0.257 e. The molecule has 1 aromatic rings. The third kappa shape index (κ3) is 2.85. The van der Waals surface area contributed by atoms with Crippen LogP contribution in [0.3, 0.4) is 0 Å². The van der Waals surface area contributed by atoms with Crippen LogP contribution in [0.2, 0.25) is 0 Å². The average Bonchev–Trinajstić information content (AvgIpc) is 2.87. The molecule has 1 unspecified atom stereocenters. The van der Waals surface area contributed by atoms with Crippen LogP contribution < -0.4 is 5.56 Å². The van der Waals surface area contributed by atoms with E-state index in [0.717, 1.165) is 37.1 Å². The van der Waals surface area contributed by atoms with Crippen LogP contribution in [0.4, 0.5) is 0 Å². The maximum atomic E-state index is 12.4. The zero-order valence-electron chi connectivity index (χ0n) is 12.4. The van der Waals surface area contributed by atoms with Gasteiger partial charge in [-0.3, -0.25) is 14.2 Å². The fourth-order valence-electron chi connectivity index (χ4n) is 2.76. The van der Waals surface area contributed by atoms with E-state index in [1.807, 2.05) is 4.90 Å². The molecule has 2 aliphatic heterocycles. The van der Waals surface area contributed by atoms with Crippen LogP contribution in [0.5, 0.6) is 0 Å². The van der Waals surface area contributed by atoms with E-state index in [2.05, 4.69) is 16.9 Å². The number of hydrogen-bond acceptors (Lipinski definition) is 5. The molecule has 2 aliphatic rings. The molecule has 21 heavy (non-hydrogen) atoms. The first-order valence-electron chi connectivity index (χ1n) is 7.23. The smallest absolute Gasteiger partial charge is 0.257 e. The molecule has 114 valence electrons. The number of hydrogen-bond donors (Lipinski definition) is 0. The lowest BCUT2D eigenvalue weighted by atomic mass is 10.2. The second kappa shape index (κ2) is 5.81. The first kappa shape index (κ1) is 14.6. The minimum atomic E-state index is -0.0583. The minimum absolute atomic E-state index is 0.0128. The molecule has 7 heteroatoms. The molecule has 0 radical (unpaired) electrons. The first-order chi connectivity index (χ1) is 10.1. The number of aromatic nitrogens is 2. The molecule has 0 spiro atoms. The van der Waals surface area contributed by atoms with E-state index in [-0.39, 0.29) is 17.5 Å². The van der Waals surface area contributed by atoms with Crippen LogP contribution in [-0.2, 0) is 4.79 Å². The number of carbonyl (C=O) groups is 1. The lowest BCUT2D eigenvalue weighted by molar-refractivity contribution is -0.133. The van der Waals surface area contributed by atoms with E-state index in [1.54, 1.807) is 29.4 Å². The number of thioether (sulfide) groups is 1. The van der Waals surface area contributed by atoms with Crippen LogP contribution in [0.15, 0.2) is 16.1 Å². The van der Waals surface area contributed by atoms with E-state index in [0.29, 0.717) is 12.0 Å². The lowest BCUT2D eigenvalue weighted by Crippen LogP contribution is -2.47. The van der Waals surface area contributed by atoms with E-state index in [4.69, 9.17) is 0 Å². The number of nitrogens with zero attached hydrogens (tertiary/aromatic N) is 4. The van der Waals surface area contributed by atoms with Crippen molar-refractivity contribution in [3.05, 3.63) is 22.1 Å². The summed E-state index contributed by atoms with van der Waals surface area (Å²) in [4.78, 5) is 33.1. The van der Waals surface area contributed by atoms with Gasteiger partial charge >= 0.3 is 0 Å². The normalized spacial score (nSPS) is 22.4. The largest absolute Gasteiger partial charge is 0.340 e. The second-order valence-corrected chi connectivity index (χ2v) is 6.74. The Morgan fingerprint density at radius 3 is 2.81 bits per heavy atom. The fourth-order valence-corrected chi connectivity index (χ4v) is 3.86. The van der Waals surface area contributed by atoms with Crippen LogP contribution in [0.1, 0.15) is 18.0 Å². The third-order valence-corrected chi connectivity index (χ3v) is 5.28. The fraction of sp³-hybridized carbons (Fsp3) is 0.643. The average molecular weight is 308 g/mol. The zero-order valence-corrected chi connectivity index (χ0v) is 13.2. The summed E-state index contributed by atoms with van der Waals surface area (Å²) < 4.78 is 1.70. The molecule has 0 bridgehead atoms. The summed E-state index contributed by atoms with van der Waals surface area (Å²) in [5.74, 6) is 0.903. The van der Waals surface area contributed by atoms with E-state index < -0.39 is 0 Å². The zero-order chi connectivity index (χ0) is 15.0. The lowest BCUT2D eigenvalue weighted by Gasteiger charge is -2.33. The Labute approximate surface area is 128 Å². The summed E-state index contributed by atoms with van der Waals surface area (Å²) in [5.41, 5.74) is 0.625. The number of likely N-dealkylation sites (N-methyl/N-ethyl adjacent to an activating group) is 1. The van der Waals surface area contributed by atoms with Crippen molar-refractivity contribution < 1.29 is 4.79 Å². The molecule has 3 heterocycles.